The lowest BCUT2D eigenvalue weighted by Gasteiger charge is -2.39. The Kier molecular flexibility index (Phi) is 2.64. The van der Waals surface area contributed by atoms with Crippen molar-refractivity contribution in [2.24, 2.45) is 11.3 Å². The molecule has 0 N–H and O–H groups in total. The lowest BCUT2D eigenvalue weighted by molar-refractivity contribution is 0.110. The molecule has 1 saturated carbocycles. The fourth-order valence-electron chi connectivity index (χ4n) is 3.29. The van der Waals surface area contributed by atoms with E-state index in [-0.39, 0.29) is 0 Å². The first-order valence-electron chi connectivity index (χ1n) is 5.96. The van der Waals surface area contributed by atoms with Gasteiger partial charge in [-0.1, -0.05) is 20.3 Å². The summed E-state index contributed by atoms with van der Waals surface area (Å²) >= 11 is 0. The summed E-state index contributed by atoms with van der Waals surface area (Å²) in [4.78, 5) is 2.61. The molecule has 0 radical (unpaired) electrons. The van der Waals surface area contributed by atoms with E-state index in [1.54, 1.807) is 0 Å². The number of rotatable bonds is 1. The average Bonchev–Trinajstić information content (AvgIpc) is 2.49. The van der Waals surface area contributed by atoms with Crippen molar-refractivity contribution in [3.8, 4) is 0 Å². The first-order valence-corrected chi connectivity index (χ1v) is 5.96. The van der Waals surface area contributed by atoms with Gasteiger partial charge in [0.05, 0.1) is 0 Å². The van der Waals surface area contributed by atoms with Crippen LogP contribution in [0.3, 0.4) is 0 Å². The monoisotopic (exact) mass is 181 g/mol. The molecule has 0 bridgehead atoms. The second kappa shape index (κ2) is 3.61. The summed E-state index contributed by atoms with van der Waals surface area (Å²) in [5, 5.41) is 0. The average molecular weight is 181 g/mol. The van der Waals surface area contributed by atoms with Gasteiger partial charge in [-0.05, 0) is 56.7 Å². The molecular formula is C12H23N. The van der Waals surface area contributed by atoms with E-state index in [2.05, 4.69) is 18.7 Å². The topological polar surface area (TPSA) is 3.24 Å². The van der Waals surface area contributed by atoms with Crippen LogP contribution in [0.25, 0.3) is 0 Å². The highest BCUT2D eigenvalue weighted by molar-refractivity contribution is 4.91. The molecule has 0 aromatic rings. The molecule has 2 rings (SSSR count). The van der Waals surface area contributed by atoms with Gasteiger partial charge in [-0.2, -0.15) is 0 Å². The van der Waals surface area contributed by atoms with Crippen molar-refractivity contribution in [2.45, 2.75) is 46.0 Å². The zero-order valence-electron chi connectivity index (χ0n) is 9.18. The molecule has 1 aliphatic heterocycles. The van der Waals surface area contributed by atoms with E-state index in [1.807, 2.05) is 0 Å². The van der Waals surface area contributed by atoms with Crippen molar-refractivity contribution < 1.29 is 0 Å². The van der Waals surface area contributed by atoms with Crippen LogP contribution >= 0.6 is 0 Å². The van der Waals surface area contributed by atoms with E-state index < -0.39 is 0 Å². The van der Waals surface area contributed by atoms with E-state index in [0.29, 0.717) is 0 Å². The predicted molar refractivity (Wildman–Crippen MR) is 56.8 cm³/mol. The molecule has 1 aliphatic carbocycles. The highest BCUT2D eigenvalue weighted by atomic mass is 15.1. The molecule has 1 saturated heterocycles. The van der Waals surface area contributed by atoms with Crippen LogP contribution in [0.15, 0.2) is 0 Å². The predicted octanol–water partition coefficient (Wildman–Crippen LogP) is 2.91. The molecule has 0 aromatic heterocycles. The fraction of sp³-hybridized carbons (Fsp3) is 1.00. The molecule has 1 atom stereocenters. The molecule has 1 nitrogen and oxygen atoms in total. The van der Waals surface area contributed by atoms with Gasteiger partial charge in [-0.25, -0.2) is 0 Å². The van der Waals surface area contributed by atoms with E-state index in [1.165, 1.54) is 51.7 Å². The van der Waals surface area contributed by atoms with Crippen LogP contribution in [0.1, 0.15) is 46.0 Å². The normalized spacial score (nSPS) is 34.2. The summed E-state index contributed by atoms with van der Waals surface area (Å²) in [6.07, 6.45) is 7.48. The van der Waals surface area contributed by atoms with Gasteiger partial charge in [0.1, 0.15) is 0 Å². The van der Waals surface area contributed by atoms with Crippen LogP contribution in [-0.2, 0) is 0 Å². The van der Waals surface area contributed by atoms with Crippen LogP contribution in [0.2, 0.25) is 0 Å². The Bertz CT molecular complexity index is 168. The summed E-state index contributed by atoms with van der Waals surface area (Å²) in [5.74, 6) is 1.01. The summed E-state index contributed by atoms with van der Waals surface area (Å²) in [7, 11) is 0. The Balaban J connectivity index is 1.90. The third-order valence-electron chi connectivity index (χ3n) is 4.31. The van der Waals surface area contributed by atoms with E-state index in [0.717, 1.165) is 11.3 Å². The third-order valence-corrected chi connectivity index (χ3v) is 4.31. The van der Waals surface area contributed by atoms with Crippen molar-refractivity contribution in [1.29, 1.82) is 0 Å². The molecule has 2 aliphatic rings. The molecule has 13 heavy (non-hydrogen) atoms. The Morgan fingerprint density at radius 2 is 1.92 bits per heavy atom. The van der Waals surface area contributed by atoms with Crippen molar-refractivity contribution in [1.82, 2.24) is 4.90 Å². The summed E-state index contributed by atoms with van der Waals surface area (Å²) in [5.41, 5.74) is 0.783. The maximum Gasteiger partial charge on any atom is -0.00135 e. The Labute approximate surface area is 82.5 Å². The standard InChI is InChI=1S/C12H23N/c1-3-13-8-6-12(7-9-13)5-4-11(2)10-12/h11H,3-10H2,1-2H3. The largest absolute Gasteiger partial charge is 0.304 e. The quantitative estimate of drug-likeness (QED) is 0.601. The van der Waals surface area contributed by atoms with Crippen LogP contribution < -0.4 is 0 Å². The maximum atomic E-state index is 2.61. The summed E-state index contributed by atoms with van der Waals surface area (Å²) in [6.45, 7) is 8.70. The lowest BCUT2D eigenvalue weighted by Crippen LogP contribution is -2.38. The van der Waals surface area contributed by atoms with Gasteiger partial charge < -0.3 is 4.90 Å². The Hall–Kier alpha value is -0.0400. The summed E-state index contributed by atoms with van der Waals surface area (Å²) < 4.78 is 0. The highest BCUT2D eigenvalue weighted by Gasteiger charge is 2.39. The van der Waals surface area contributed by atoms with E-state index in [9.17, 15) is 0 Å². The Morgan fingerprint density at radius 1 is 1.23 bits per heavy atom. The Morgan fingerprint density at radius 3 is 2.38 bits per heavy atom. The minimum atomic E-state index is 0.783. The van der Waals surface area contributed by atoms with Crippen molar-refractivity contribution >= 4 is 0 Å². The van der Waals surface area contributed by atoms with Crippen LogP contribution in [-0.4, -0.2) is 24.5 Å². The first-order chi connectivity index (χ1) is 6.24. The van der Waals surface area contributed by atoms with E-state index >= 15 is 0 Å². The maximum absolute atomic E-state index is 2.61. The van der Waals surface area contributed by atoms with Crippen LogP contribution in [0.5, 0.6) is 0 Å². The summed E-state index contributed by atoms with van der Waals surface area (Å²) in [6, 6.07) is 0. The third kappa shape index (κ3) is 1.90. The lowest BCUT2D eigenvalue weighted by atomic mass is 9.76. The van der Waals surface area contributed by atoms with Gasteiger partial charge in [-0.3, -0.25) is 0 Å². The van der Waals surface area contributed by atoms with Crippen molar-refractivity contribution in [3.05, 3.63) is 0 Å². The number of hydrogen-bond acceptors (Lipinski definition) is 1. The molecule has 1 heteroatoms. The molecular weight excluding hydrogens is 158 g/mol. The molecule has 0 aromatic carbocycles. The second-order valence-corrected chi connectivity index (χ2v) is 5.28. The smallest absolute Gasteiger partial charge is 0.00135 e. The van der Waals surface area contributed by atoms with Crippen molar-refractivity contribution in [3.63, 3.8) is 0 Å². The molecule has 1 unspecified atom stereocenters. The highest BCUT2D eigenvalue weighted by Crippen LogP contribution is 2.48. The number of piperidine rings is 1. The van der Waals surface area contributed by atoms with Gasteiger partial charge in [0, 0.05) is 0 Å². The van der Waals surface area contributed by atoms with Crippen molar-refractivity contribution in [2.75, 3.05) is 19.6 Å². The molecule has 0 amide bonds. The molecule has 2 fully saturated rings. The van der Waals surface area contributed by atoms with E-state index in [4.69, 9.17) is 0 Å². The van der Waals surface area contributed by atoms with Gasteiger partial charge >= 0.3 is 0 Å². The van der Waals surface area contributed by atoms with Crippen LogP contribution in [0, 0.1) is 11.3 Å². The molecule has 76 valence electrons. The molecule has 1 spiro atoms. The fourth-order valence-corrected chi connectivity index (χ4v) is 3.29. The number of likely N-dealkylation sites (tertiary alicyclic amines) is 1. The first kappa shape index (κ1) is 9.51. The zero-order chi connectivity index (χ0) is 9.31. The zero-order valence-corrected chi connectivity index (χ0v) is 9.18. The van der Waals surface area contributed by atoms with Gasteiger partial charge in [0.15, 0.2) is 0 Å². The molecule has 1 heterocycles. The number of hydrogen-bond donors (Lipinski definition) is 0. The van der Waals surface area contributed by atoms with Gasteiger partial charge in [0.2, 0.25) is 0 Å². The minimum Gasteiger partial charge on any atom is -0.304 e. The van der Waals surface area contributed by atoms with Gasteiger partial charge in [-0.15, -0.1) is 0 Å². The van der Waals surface area contributed by atoms with Crippen LogP contribution in [0.4, 0.5) is 0 Å². The second-order valence-electron chi connectivity index (χ2n) is 5.28. The van der Waals surface area contributed by atoms with Gasteiger partial charge in [0.25, 0.3) is 0 Å². The SMILES string of the molecule is CCN1CCC2(CCC(C)C2)CC1. The number of nitrogens with zero attached hydrogens (tertiary/aromatic N) is 1. The minimum absolute atomic E-state index is 0.783.